The highest BCUT2D eigenvalue weighted by molar-refractivity contribution is 5.09. The van der Waals surface area contributed by atoms with Gasteiger partial charge in [-0.1, -0.05) is 0 Å². The molecule has 10 heavy (non-hydrogen) atoms. The first kappa shape index (κ1) is 7.43. The summed E-state index contributed by atoms with van der Waals surface area (Å²) in [5.74, 6) is 0. The Morgan fingerprint density at radius 1 is 1.80 bits per heavy atom. The Hall–Kier alpha value is -0.680. The first-order valence-corrected chi connectivity index (χ1v) is 2.79. The third-order valence-corrected chi connectivity index (χ3v) is 1.27. The number of halogens is 2. The van der Waals surface area contributed by atoms with E-state index in [1.165, 1.54) is 7.05 Å². The number of hydrogen-bond acceptors (Lipinski definition) is 3. The number of aliphatic hydroxyl groups excluding tert-OH is 1. The maximum absolute atomic E-state index is 11.9. The molecule has 1 rings (SSSR count). The molecule has 1 unspecified atom stereocenters. The summed E-state index contributed by atoms with van der Waals surface area (Å²) < 4.78 is 23.8. The van der Waals surface area contributed by atoms with Gasteiger partial charge >= 0.3 is 0 Å². The Morgan fingerprint density at radius 2 is 2.40 bits per heavy atom. The molecule has 1 aliphatic heterocycles. The largest absolute Gasteiger partial charge is 0.373 e. The lowest BCUT2D eigenvalue weighted by Gasteiger charge is -2.15. The highest BCUT2D eigenvalue weighted by Crippen LogP contribution is 2.15. The van der Waals surface area contributed by atoms with Gasteiger partial charge in [-0.15, -0.1) is 0 Å². The third kappa shape index (κ3) is 1.25. The van der Waals surface area contributed by atoms with E-state index in [1.807, 2.05) is 0 Å². The zero-order valence-corrected chi connectivity index (χ0v) is 5.38. The first-order valence-electron chi connectivity index (χ1n) is 2.79. The van der Waals surface area contributed by atoms with Crippen LogP contribution in [0.5, 0.6) is 0 Å². The predicted molar refractivity (Wildman–Crippen MR) is 31.0 cm³/mol. The zero-order valence-electron chi connectivity index (χ0n) is 5.38. The first-order chi connectivity index (χ1) is 4.61. The summed E-state index contributed by atoms with van der Waals surface area (Å²) in [6.07, 6.45) is -2.44. The van der Waals surface area contributed by atoms with Crippen LogP contribution in [0.2, 0.25) is 0 Å². The molecule has 5 heteroatoms. The number of rotatable bonds is 1. The van der Waals surface area contributed by atoms with E-state index in [2.05, 4.69) is 5.43 Å². The van der Waals surface area contributed by atoms with Crippen LogP contribution in [-0.2, 0) is 0 Å². The Balaban J connectivity index is 2.65. The fourth-order valence-corrected chi connectivity index (χ4v) is 0.803. The second kappa shape index (κ2) is 2.51. The topological polar surface area (TPSA) is 35.5 Å². The molecule has 0 fully saturated rings. The number of hydrogen-bond donors (Lipinski definition) is 2. The van der Waals surface area contributed by atoms with E-state index in [-0.39, 0.29) is 5.70 Å². The van der Waals surface area contributed by atoms with Crippen molar-refractivity contribution in [3.63, 3.8) is 0 Å². The van der Waals surface area contributed by atoms with Crippen molar-refractivity contribution in [2.24, 2.45) is 0 Å². The van der Waals surface area contributed by atoms with Gasteiger partial charge in [-0.2, -0.15) is 0 Å². The van der Waals surface area contributed by atoms with Crippen LogP contribution in [0.4, 0.5) is 8.78 Å². The Morgan fingerprint density at radius 3 is 2.60 bits per heavy atom. The summed E-state index contributed by atoms with van der Waals surface area (Å²) >= 11 is 0. The molecule has 0 amide bonds. The van der Waals surface area contributed by atoms with Crippen LogP contribution >= 0.6 is 0 Å². The highest BCUT2D eigenvalue weighted by atomic mass is 19.3. The van der Waals surface area contributed by atoms with E-state index in [0.29, 0.717) is 0 Å². The lowest BCUT2D eigenvalue weighted by molar-refractivity contribution is 0.103. The zero-order chi connectivity index (χ0) is 7.72. The minimum absolute atomic E-state index is 0.187. The molecule has 0 saturated heterocycles. The predicted octanol–water partition coefficient (Wildman–Crippen LogP) is -0.0962. The van der Waals surface area contributed by atoms with E-state index in [9.17, 15) is 8.78 Å². The van der Waals surface area contributed by atoms with Crippen LogP contribution in [-0.4, -0.2) is 29.8 Å². The molecule has 0 aliphatic carbocycles. The van der Waals surface area contributed by atoms with E-state index >= 15 is 0 Å². The Bertz CT molecular complexity index is 160. The number of nitrogens with one attached hydrogen (secondary N) is 1. The molecule has 0 spiro atoms. The van der Waals surface area contributed by atoms with Gasteiger partial charge in [0.2, 0.25) is 0 Å². The van der Waals surface area contributed by atoms with Crippen molar-refractivity contribution in [1.29, 1.82) is 0 Å². The van der Waals surface area contributed by atoms with Crippen LogP contribution in [0.25, 0.3) is 0 Å². The van der Waals surface area contributed by atoms with Crippen molar-refractivity contribution in [3.05, 3.63) is 11.8 Å². The molecule has 0 aromatic rings. The third-order valence-electron chi connectivity index (χ3n) is 1.27. The van der Waals surface area contributed by atoms with Gasteiger partial charge in [-0.3, -0.25) is 0 Å². The van der Waals surface area contributed by atoms with E-state index in [0.717, 1.165) is 11.1 Å². The van der Waals surface area contributed by atoms with Crippen LogP contribution < -0.4 is 5.43 Å². The molecule has 0 aromatic carbocycles. The fourth-order valence-electron chi connectivity index (χ4n) is 0.803. The SMILES string of the molecule is CN1NC(O)C=C1C(F)F. The van der Waals surface area contributed by atoms with Gasteiger partial charge in [0, 0.05) is 7.05 Å². The molecule has 1 heterocycles. The standard InChI is InChI=1S/C5H8F2N2O/c1-9-3(5(6)7)2-4(10)8-9/h2,4-5,8,10H,1H3. The van der Waals surface area contributed by atoms with Crippen molar-refractivity contribution < 1.29 is 13.9 Å². The molecule has 1 aliphatic rings. The molecular formula is C5H8F2N2O. The molecule has 2 N–H and O–H groups in total. The monoisotopic (exact) mass is 150 g/mol. The van der Waals surface area contributed by atoms with Crippen molar-refractivity contribution in [2.45, 2.75) is 12.7 Å². The van der Waals surface area contributed by atoms with Crippen molar-refractivity contribution in [1.82, 2.24) is 10.4 Å². The summed E-state index contributed by atoms with van der Waals surface area (Å²) in [7, 11) is 1.42. The number of allylic oxidation sites excluding steroid dienone is 1. The normalized spacial score (nSPS) is 25.9. The van der Waals surface area contributed by atoms with E-state index in [1.54, 1.807) is 0 Å². The number of aliphatic hydroxyl groups is 1. The summed E-state index contributed by atoms with van der Waals surface area (Å²) in [6, 6.07) is 0. The molecule has 0 aromatic heterocycles. The fraction of sp³-hybridized carbons (Fsp3) is 0.600. The van der Waals surface area contributed by atoms with E-state index < -0.39 is 12.7 Å². The quantitative estimate of drug-likeness (QED) is 0.548. The summed E-state index contributed by atoms with van der Waals surface area (Å²) in [4.78, 5) is 0. The molecule has 0 radical (unpaired) electrons. The highest BCUT2D eigenvalue weighted by Gasteiger charge is 2.23. The number of hydrazine groups is 1. The molecule has 1 atom stereocenters. The number of nitrogens with zero attached hydrogens (tertiary/aromatic N) is 1. The molecule has 0 bridgehead atoms. The minimum Gasteiger partial charge on any atom is -0.373 e. The lowest BCUT2D eigenvalue weighted by atomic mass is 10.4. The minimum atomic E-state index is -2.53. The number of alkyl halides is 2. The van der Waals surface area contributed by atoms with Gasteiger partial charge in [0.05, 0.1) is 5.70 Å². The molecule has 58 valence electrons. The van der Waals surface area contributed by atoms with Gasteiger partial charge in [-0.05, 0) is 6.08 Å². The Kier molecular flexibility index (Phi) is 1.87. The Labute approximate surface area is 56.9 Å². The molecule has 0 saturated carbocycles. The van der Waals surface area contributed by atoms with Crippen LogP contribution in [0.15, 0.2) is 11.8 Å². The van der Waals surface area contributed by atoms with Gasteiger partial charge in [0.15, 0.2) is 0 Å². The van der Waals surface area contributed by atoms with E-state index in [4.69, 9.17) is 5.11 Å². The maximum Gasteiger partial charge on any atom is 0.279 e. The van der Waals surface area contributed by atoms with Crippen molar-refractivity contribution in [2.75, 3.05) is 7.05 Å². The lowest BCUT2D eigenvalue weighted by Crippen LogP contribution is -2.34. The average molecular weight is 150 g/mol. The summed E-state index contributed by atoms with van der Waals surface area (Å²) in [6.45, 7) is 0. The van der Waals surface area contributed by atoms with Gasteiger partial charge < -0.3 is 10.1 Å². The van der Waals surface area contributed by atoms with Crippen LogP contribution in [0, 0.1) is 0 Å². The van der Waals surface area contributed by atoms with Gasteiger partial charge in [0.25, 0.3) is 6.43 Å². The van der Waals surface area contributed by atoms with Crippen molar-refractivity contribution in [3.8, 4) is 0 Å². The summed E-state index contributed by atoms with van der Waals surface area (Å²) in [5, 5.41) is 9.86. The molecular weight excluding hydrogens is 142 g/mol. The van der Waals surface area contributed by atoms with Crippen LogP contribution in [0.1, 0.15) is 0 Å². The average Bonchev–Trinajstić information content (AvgIpc) is 2.10. The molecule has 3 nitrogen and oxygen atoms in total. The van der Waals surface area contributed by atoms with Crippen LogP contribution in [0.3, 0.4) is 0 Å². The second-order valence-corrected chi connectivity index (χ2v) is 2.03. The summed E-state index contributed by atoms with van der Waals surface area (Å²) in [5.41, 5.74) is 2.18. The van der Waals surface area contributed by atoms with Crippen molar-refractivity contribution >= 4 is 0 Å². The van der Waals surface area contributed by atoms with Gasteiger partial charge in [0.1, 0.15) is 6.23 Å². The second-order valence-electron chi connectivity index (χ2n) is 2.03. The van der Waals surface area contributed by atoms with Gasteiger partial charge in [-0.25, -0.2) is 14.2 Å². The smallest absolute Gasteiger partial charge is 0.279 e. The maximum atomic E-state index is 11.9.